The van der Waals surface area contributed by atoms with Crippen molar-refractivity contribution in [2.24, 2.45) is 0 Å². The summed E-state index contributed by atoms with van der Waals surface area (Å²) in [5.41, 5.74) is -0.0472. The monoisotopic (exact) mass is 244 g/mol. The first-order valence-corrected chi connectivity index (χ1v) is 4.66. The average Bonchev–Trinajstić information content (AvgIpc) is 2.20. The van der Waals surface area contributed by atoms with Crippen molar-refractivity contribution < 1.29 is 19.4 Å². The Hall–Kier alpha value is -1.69. The summed E-state index contributed by atoms with van der Waals surface area (Å²) in [7, 11) is 1.18. The Balaban J connectivity index is 3.31. The van der Waals surface area contributed by atoms with E-state index < -0.39 is 18.4 Å². The maximum absolute atomic E-state index is 11.4. The third-order valence-electron chi connectivity index (χ3n) is 1.78. The zero-order valence-corrected chi connectivity index (χ0v) is 9.41. The number of aryl methyl sites for hydroxylation is 1. The summed E-state index contributed by atoms with van der Waals surface area (Å²) in [6.07, 6.45) is -0.427. The third-order valence-corrected chi connectivity index (χ3v) is 2.09. The molecule has 1 aromatic rings. The predicted octanol–water partition coefficient (Wildman–Crippen LogP) is 0.852. The van der Waals surface area contributed by atoms with E-state index in [0.717, 1.165) is 0 Å². The van der Waals surface area contributed by atoms with Gasteiger partial charge in [0.05, 0.1) is 13.5 Å². The quantitative estimate of drug-likeness (QED) is 0.626. The number of aliphatic carboxylic acids is 1. The molecule has 0 bridgehead atoms. The second-order valence-electron chi connectivity index (χ2n) is 2.95. The van der Waals surface area contributed by atoms with Gasteiger partial charge in [-0.3, -0.25) is 4.79 Å². The molecular formula is C9H9ClN2O4. The molecule has 0 aliphatic heterocycles. The Labute approximate surface area is 96.2 Å². The number of methoxy groups -OCH3 is 1. The van der Waals surface area contributed by atoms with E-state index in [4.69, 9.17) is 16.7 Å². The Kier molecular flexibility index (Phi) is 3.78. The highest BCUT2D eigenvalue weighted by atomic mass is 35.5. The van der Waals surface area contributed by atoms with Crippen LogP contribution in [0.25, 0.3) is 0 Å². The number of hydrogen-bond acceptors (Lipinski definition) is 5. The van der Waals surface area contributed by atoms with Crippen LogP contribution in [0.3, 0.4) is 0 Å². The van der Waals surface area contributed by atoms with E-state index in [1.165, 1.54) is 7.11 Å². The topological polar surface area (TPSA) is 89.4 Å². The minimum absolute atomic E-state index is 0.0460. The SMILES string of the molecule is COC(=O)c1nc(C)nc(Cl)c1CC(=O)O. The van der Waals surface area contributed by atoms with E-state index in [1.807, 2.05) is 0 Å². The highest BCUT2D eigenvalue weighted by Gasteiger charge is 2.20. The second-order valence-corrected chi connectivity index (χ2v) is 3.31. The van der Waals surface area contributed by atoms with Crippen LogP contribution in [0.2, 0.25) is 5.15 Å². The van der Waals surface area contributed by atoms with E-state index in [9.17, 15) is 9.59 Å². The molecule has 0 amide bonds. The summed E-state index contributed by atoms with van der Waals surface area (Å²) in [6.45, 7) is 1.54. The van der Waals surface area contributed by atoms with Crippen molar-refractivity contribution >= 4 is 23.5 Å². The number of nitrogens with zero attached hydrogens (tertiary/aromatic N) is 2. The van der Waals surface area contributed by atoms with Crippen LogP contribution >= 0.6 is 11.6 Å². The van der Waals surface area contributed by atoms with Crippen LogP contribution in [0.15, 0.2) is 0 Å². The van der Waals surface area contributed by atoms with Gasteiger partial charge in [-0.25, -0.2) is 14.8 Å². The molecule has 0 aromatic carbocycles. The number of ether oxygens (including phenoxy) is 1. The van der Waals surface area contributed by atoms with Crippen LogP contribution in [-0.4, -0.2) is 34.1 Å². The van der Waals surface area contributed by atoms with Crippen molar-refractivity contribution in [3.05, 3.63) is 22.2 Å². The predicted molar refractivity (Wildman–Crippen MR) is 54.5 cm³/mol. The summed E-state index contributed by atoms with van der Waals surface area (Å²) in [4.78, 5) is 29.6. The van der Waals surface area contributed by atoms with Crippen molar-refractivity contribution in [3.8, 4) is 0 Å². The average molecular weight is 245 g/mol. The van der Waals surface area contributed by atoms with E-state index in [-0.39, 0.29) is 22.2 Å². The van der Waals surface area contributed by atoms with Crippen molar-refractivity contribution in [3.63, 3.8) is 0 Å². The number of hydrogen-bond donors (Lipinski definition) is 1. The smallest absolute Gasteiger partial charge is 0.357 e. The van der Waals surface area contributed by atoms with E-state index in [0.29, 0.717) is 0 Å². The Morgan fingerprint density at radius 1 is 1.44 bits per heavy atom. The molecular weight excluding hydrogens is 236 g/mol. The van der Waals surface area contributed by atoms with Gasteiger partial charge < -0.3 is 9.84 Å². The number of halogens is 1. The van der Waals surface area contributed by atoms with Gasteiger partial charge in [-0.2, -0.15) is 0 Å². The molecule has 0 unspecified atom stereocenters. The first kappa shape index (κ1) is 12.4. The standard InChI is InChI=1S/C9H9ClN2O4/c1-4-11-7(9(15)16-2)5(3-6(13)14)8(10)12-4/h3H2,1-2H3,(H,13,14). The lowest BCUT2D eigenvalue weighted by atomic mass is 10.1. The van der Waals surface area contributed by atoms with Crippen molar-refractivity contribution in [2.75, 3.05) is 7.11 Å². The minimum Gasteiger partial charge on any atom is -0.481 e. The largest absolute Gasteiger partial charge is 0.481 e. The summed E-state index contributed by atoms with van der Waals surface area (Å²) in [5, 5.41) is 8.63. The van der Waals surface area contributed by atoms with Gasteiger partial charge in [0.25, 0.3) is 0 Å². The van der Waals surface area contributed by atoms with Gasteiger partial charge in [0, 0.05) is 5.56 Å². The fourth-order valence-corrected chi connectivity index (χ4v) is 1.41. The van der Waals surface area contributed by atoms with E-state index in [1.54, 1.807) is 6.92 Å². The molecule has 1 rings (SSSR count). The van der Waals surface area contributed by atoms with Crippen LogP contribution in [-0.2, 0) is 16.0 Å². The molecule has 1 N–H and O–H groups in total. The minimum atomic E-state index is -1.13. The van der Waals surface area contributed by atoms with Crippen LogP contribution in [0.5, 0.6) is 0 Å². The van der Waals surface area contributed by atoms with Crippen LogP contribution in [0.1, 0.15) is 21.9 Å². The van der Waals surface area contributed by atoms with Gasteiger partial charge in [0.1, 0.15) is 11.0 Å². The molecule has 1 aromatic heterocycles. The van der Waals surface area contributed by atoms with Gasteiger partial charge in [-0.15, -0.1) is 0 Å². The molecule has 1 heterocycles. The first-order valence-electron chi connectivity index (χ1n) is 4.28. The highest BCUT2D eigenvalue weighted by Crippen LogP contribution is 2.18. The number of rotatable bonds is 3. The van der Waals surface area contributed by atoms with Gasteiger partial charge in [0.2, 0.25) is 0 Å². The lowest BCUT2D eigenvalue weighted by Crippen LogP contribution is -2.14. The third kappa shape index (κ3) is 2.66. The number of carbonyl (C=O) groups is 2. The number of carbonyl (C=O) groups excluding carboxylic acids is 1. The zero-order valence-electron chi connectivity index (χ0n) is 8.65. The van der Waals surface area contributed by atoms with Crippen molar-refractivity contribution in [1.82, 2.24) is 9.97 Å². The highest BCUT2D eigenvalue weighted by molar-refractivity contribution is 6.30. The maximum Gasteiger partial charge on any atom is 0.357 e. The Bertz CT molecular complexity index is 447. The lowest BCUT2D eigenvalue weighted by Gasteiger charge is -2.07. The van der Waals surface area contributed by atoms with E-state index >= 15 is 0 Å². The molecule has 0 saturated heterocycles. The van der Waals surface area contributed by atoms with Crippen molar-refractivity contribution in [1.29, 1.82) is 0 Å². The van der Waals surface area contributed by atoms with Crippen molar-refractivity contribution in [2.45, 2.75) is 13.3 Å². The summed E-state index contributed by atoms with van der Waals surface area (Å²) >= 11 is 5.76. The molecule has 0 atom stereocenters. The molecule has 0 aliphatic carbocycles. The molecule has 16 heavy (non-hydrogen) atoms. The van der Waals surface area contributed by atoms with Gasteiger partial charge in [-0.05, 0) is 6.92 Å². The number of carboxylic acid groups (broad SMARTS) is 1. The Morgan fingerprint density at radius 3 is 2.56 bits per heavy atom. The van der Waals surface area contributed by atoms with Crippen LogP contribution < -0.4 is 0 Å². The van der Waals surface area contributed by atoms with E-state index in [2.05, 4.69) is 14.7 Å². The summed E-state index contributed by atoms with van der Waals surface area (Å²) in [6, 6.07) is 0. The molecule has 0 aliphatic rings. The van der Waals surface area contributed by atoms with Crippen LogP contribution in [0, 0.1) is 6.92 Å². The van der Waals surface area contributed by atoms with Crippen LogP contribution in [0.4, 0.5) is 0 Å². The number of esters is 1. The summed E-state index contributed by atoms with van der Waals surface area (Å²) < 4.78 is 4.49. The number of aromatic nitrogens is 2. The molecule has 0 spiro atoms. The fraction of sp³-hybridized carbons (Fsp3) is 0.333. The fourth-order valence-electron chi connectivity index (χ4n) is 1.13. The zero-order chi connectivity index (χ0) is 12.3. The van der Waals surface area contributed by atoms with Gasteiger partial charge in [-0.1, -0.05) is 11.6 Å². The van der Waals surface area contributed by atoms with Gasteiger partial charge >= 0.3 is 11.9 Å². The molecule has 6 nitrogen and oxygen atoms in total. The maximum atomic E-state index is 11.4. The molecule has 0 radical (unpaired) electrons. The number of carboxylic acids is 1. The normalized spacial score (nSPS) is 9.94. The molecule has 0 saturated carbocycles. The summed E-state index contributed by atoms with van der Waals surface area (Å²) in [5.74, 6) is -1.58. The van der Waals surface area contributed by atoms with Gasteiger partial charge in [0.15, 0.2) is 5.69 Å². The Morgan fingerprint density at radius 2 is 2.06 bits per heavy atom. The molecule has 7 heteroatoms. The molecule has 0 fully saturated rings. The second kappa shape index (κ2) is 4.89. The lowest BCUT2D eigenvalue weighted by molar-refractivity contribution is -0.136. The first-order chi connectivity index (χ1) is 7.45. The molecule has 86 valence electrons.